The van der Waals surface area contributed by atoms with E-state index in [-0.39, 0.29) is 31.0 Å². The molecule has 0 heterocycles. The van der Waals surface area contributed by atoms with Crippen molar-refractivity contribution in [1.29, 1.82) is 0 Å². The fourth-order valence-corrected chi connectivity index (χ4v) is 7.05. The summed E-state index contributed by atoms with van der Waals surface area (Å²) in [4.78, 5) is 47.6. The number of esters is 2. The van der Waals surface area contributed by atoms with Gasteiger partial charge in [-0.25, -0.2) is 4.57 Å². The molecular weight excluding hydrogens is 743 g/mol. The van der Waals surface area contributed by atoms with Crippen LogP contribution in [0.15, 0.2) is 36.5 Å². The van der Waals surface area contributed by atoms with Crippen LogP contribution >= 0.6 is 7.82 Å². The number of aliphatic hydroxyl groups excluding tert-OH is 4. The van der Waals surface area contributed by atoms with Crippen LogP contribution in [0.2, 0.25) is 0 Å². The van der Waals surface area contributed by atoms with Crippen LogP contribution in [0.3, 0.4) is 0 Å². The number of aliphatic hydroxyl groups is 4. The molecule has 1 aliphatic carbocycles. The summed E-state index contributed by atoms with van der Waals surface area (Å²) in [6.45, 7) is 1.92. The molecule has 0 aromatic rings. The number of hydrogen-bond donors (Lipinski definition) is 5. The van der Waals surface area contributed by atoms with Crippen LogP contribution in [0, 0.1) is 11.8 Å². The zero-order valence-electron chi connectivity index (χ0n) is 34.1. The van der Waals surface area contributed by atoms with E-state index in [1.165, 1.54) is 25.7 Å². The number of carbonyl (C=O) groups is 3. The van der Waals surface area contributed by atoms with Gasteiger partial charge in [-0.2, -0.15) is 0 Å². The Morgan fingerprint density at radius 3 is 2.07 bits per heavy atom. The minimum atomic E-state index is -4.69. The van der Waals surface area contributed by atoms with E-state index in [0.29, 0.717) is 32.1 Å². The molecule has 1 unspecified atom stereocenters. The molecule has 0 radical (unpaired) electrons. The lowest BCUT2D eigenvalue weighted by molar-refractivity contribution is -0.161. The molecule has 1 aliphatic rings. The highest BCUT2D eigenvalue weighted by molar-refractivity contribution is 7.47. The van der Waals surface area contributed by atoms with E-state index in [0.717, 1.165) is 57.8 Å². The maximum absolute atomic E-state index is 12.7. The van der Waals surface area contributed by atoms with Crippen molar-refractivity contribution in [2.75, 3.05) is 26.4 Å². The first-order valence-electron chi connectivity index (χ1n) is 21.0. The molecule has 5 N–H and O–H groups in total. The van der Waals surface area contributed by atoms with Crippen molar-refractivity contribution < 1.29 is 62.8 Å². The number of unbranched alkanes of at least 4 members (excludes halogenated alkanes) is 12. The molecule has 0 amide bonds. The number of phosphoric acid groups is 1. The fourth-order valence-electron chi connectivity index (χ4n) is 6.26. The predicted molar refractivity (Wildman–Crippen MR) is 215 cm³/mol. The van der Waals surface area contributed by atoms with Gasteiger partial charge in [0.25, 0.3) is 0 Å². The van der Waals surface area contributed by atoms with E-state index < -0.39 is 76.5 Å². The first-order chi connectivity index (χ1) is 26.9. The number of carbonyl (C=O) groups excluding carboxylic acids is 3. The van der Waals surface area contributed by atoms with Crippen LogP contribution in [-0.2, 0) is 37.5 Å². The minimum absolute atomic E-state index is 0.0120. The number of phosphoric ester groups is 1. The number of ether oxygens (including phenoxy) is 2. The third-order valence-corrected chi connectivity index (χ3v) is 10.6. The average Bonchev–Trinajstić information content (AvgIpc) is 3.44. The molecular formula is C42H73O13P. The number of ketones is 1. The summed E-state index contributed by atoms with van der Waals surface area (Å²) in [6, 6.07) is 0. The normalized spacial score (nSPS) is 20.2. The topological polar surface area (TPSA) is 206 Å². The van der Waals surface area contributed by atoms with Crippen LogP contribution < -0.4 is 0 Å². The lowest BCUT2D eigenvalue weighted by Crippen LogP contribution is -2.29. The van der Waals surface area contributed by atoms with E-state index in [2.05, 4.69) is 30.5 Å². The molecule has 14 heteroatoms. The Hall–Kier alpha value is -2.22. The van der Waals surface area contributed by atoms with Crippen LogP contribution in [0.1, 0.15) is 149 Å². The van der Waals surface area contributed by atoms with Gasteiger partial charge in [0.05, 0.1) is 32.0 Å². The minimum Gasteiger partial charge on any atom is -0.462 e. The van der Waals surface area contributed by atoms with Gasteiger partial charge in [0.1, 0.15) is 18.5 Å². The van der Waals surface area contributed by atoms with Crippen LogP contribution in [0.4, 0.5) is 0 Å². The molecule has 324 valence electrons. The number of rotatable bonds is 35. The van der Waals surface area contributed by atoms with Gasteiger partial charge >= 0.3 is 19.8 Å². The second kappa shape index (κ2) is 32.7. The lowest BCUT2D eigenvalue weighted by atomic mass is 9.90. The Morgan fingerprint density at radius 1 is 0.786 bits per heavy atom. The Morgan fingerprint density at radius 2 is 1.38 bits per heavy atom. The fraction of sp³-hybridized carbons (Fsp3) is 0.786. The first kappa shape index (κ1) is 51.8. The van der Waals surface area contributed by atoms with E-state index in [1.54, 1.807) is 12.2 Å². The Balaban J connectivity index is 2.52. The molecule has 0 saturated heterocycles. The molecule has 1 rings (SSSR count). The smallest absolute Gasteiger partial charge is 0.462 e. The van der Waals surface area contributed by atoms with Crippen LogP contribution in [-0.4, -0.2) is 93.9 Å². The molecule has 7 atom stereocenters. The molecule has 1 fully saturated rings. The van der Waals surface area contributed by atoms with Gasteiger partial charge in [-0.1, -0.05) is 108 Å². The van der Waals surface area contributed by atoms with E-state index in [1.807, 2.05) is 12.2 Å². The number of Topliss-reactive ketones (excluding diaryl/α,β-unsaturated/α-hetero) is 1. The second-order valence-electron chi connectivity index (χ2n) is 14.8. The monoisotopic (exact) mass is 816 g/mol. The highest BCUT2D eigenvalue weighted by Gasteiger charge is 2.39. The molecule has 0 aromatic carbocycles. The quantitative estimate of drug-likeness (QED) is 0.0184. The molecule has 0 spiro atoms. The predicted octanol–water partition coefficient (Wildman–Crippen LogP) is 7.37. The van der Waals surface area contributed by atoms with Crippen molar-refractivity contribution in [3.63, 3.8) is 0 Å². The molecule has 56 heavy (non-hydrogen) atoms. The van der Waals surface area contributed by atoms with Crippen molar-refractivity contribution in [3.05, 3.63) is 36.5 Å². The van der Waals surface area contributed by atoms with Gasteiger partial charge in [-0.3, -0.25) is 23.4 Å². The summed E-state index contributed by atoms with van der Waals surface area (Å²) in [7, 11) is -4.69. The van der Waals surface area contributed by atoms with Gasteiger partial charge in [0.2, 0.25) is 0 Å². The number of hydrogen-bond acceptors (Lipinski definition) is 12. The van der Waals surface area contributed by atoms with Gasteiger partial charge in [-0.05, 0) is 57.8 Å². The maximum atomic E-state index is 12.7. The van der Waals surface area contributed by atoms with Gasteiger partial charge in [0, 0.05) is 31.1 Å². The average molecular weight is 817 g/mol. The number of allylic oxidation sites excluding steroid dienone is 4. The summed E-state index contributed by atoms with van der Waals surface area (Å²) in [6.07, 6.45) is 24.8. The third-order valence-electron chi connectivity index (χ3n) is 9.64. The molecule has 1 saturated carbocycles. The maximum Gasteiger partial charge on any atom is 0.472 e. The largest absolute Gasteiger partial charge is 0.472 e. The highest BCUT2D eigenvalue weighted by atomic mass is 31.2. The van der Waals surface area contributed by atoms with E-state index >= 15 is 0 Å². The van der Waals surface area contributed by atoms with Crippen molar-refractivity contribution in [2.45, 2.75) is 173 Å². The molecule has 13 nitrogen and oxygen atoms in total. The molecule has 0 aliphatic heterocycles. The van der Waals surface area contributed by atoms with Crippen LogP contribution in [0.5, 0.6) is 0 Å². The van der Waals surface area contributed by atoms with Crippen molar-refractivity contribution in [2.24, 2.45) is 11.8 Å². The lowest BCUT2D eigenvalue weighted by Gasteiger charge is -2.20. The highest BCUT2D eigenvalue weighted by Crippen LogP contribution is 2.43. The standard InChI is InChI=1S/C42H73O13P/c1-3-5-7-8-9-10-11-12-13-14-15-16-21-25-41(48)52-32-36(33-54-56(50,51)53-31-35(45)30-43)55-42(49)26-22-18-17-20-24-37-38(40(47)29-39(37)46)28-27-34(44)23-19-6-4-2/h10-11,17,20,27-28,34-38,40,43-45,47H,3-9,12-16,18-19,21-26,29-33H2,1-2H3,(H,50,51)/b11-10-,20-17-,28-27+/t34-,35-,36+,37+,38+,40+/m0/s1. The second-order valence-corrected chi connectivity index (χ2v) is 16.2. The summed E-state index contributed by atoms with van der Waals surface area (Å²) >= 11 is 0. The first-order valence-corrected chi connectivity index (χ1v) is 22.5. The van der Waals surface area contributed by atoms with Gasteiger partial charge in [0.15, 0.2) is 6.10 Å². The Kier molecular flexibility index (Phi) is 30.3. The summed E-state index contributed by atoms with van der Waals surface area (Å²) in [5.41, 5.74) is 0. The van der Waals surface area contributed by atoms with Gasteiger partial charge in [-0.15, -0.1) is 0 Å². The Labute approximate surface area is 335 Å². The zero-order valence-corrected chi connectivity index (χ0v) is 34.9. The summed E-state index contributed by atoms with van der Waals surface area (Å²) < 4.78 is 32.6. The third kappa shape index (κ3) is 26.7. The molecule has 0 aromatic heterocycles. The summed E-state index contributed by atoms with van der Waals surface area (Å²) in [5, 5.41) is 39.0. The van der Waals surface area contributed by atoms with Gasteiger partial charge < -0.3 is 34.8 Å². The van der Waals surface area contributed by atoms with Crippen molar-refractivity contribution in [1.82, 2.24) is 0 Å². The van der Waals surface area contributed by atoms with E-state index in [9.17, 15) is 39.2 Å². The SMILES string of the molecule is CCCCCC/C=C\CCCCCCCC(=O)OC[C@H](COP(=O)(O)OC[C@@H](O)CO)OC(=O)CCC/C=C\C[C@H]1C(=O)C[C@@H](O)[C@@H]1/C=C/[C@@H](O)CCCCC. The van der Waals surface area contributed by atoms with E-state index in [4.69, 9.17) is 19.1 Å². The van der Waals surface area contributed by atoms with Crippen molar-refractivity contribution in [3.8, 4) is 0 Å². The summed E-state index contributed by atoms with van der Waals surface area (Å²) in [5.74, 6) is -1.93. The van der Waals surface area contributed by atoms with Crippen molar-refractivity contribution >= 4 is 25.5 Å². The molecule has 0 bridgehead atoms. The Bertz CT molecular complexity index is 1190. The zero-order chi connectivity index (χ0) is 41.4. The van der Waals surface area contributed by atoms with Crippen LogP contribution in [0.25, 0.3) is 0 Å².